The SMILES string of the molecule is CCCNS(=O)(=O)c1ccccc1SCC(=O)O. The van der Waals surface area contributed by atoms with Crippen LogP contribution in [0.2, 0.25) is 0 Å². The van der Waals surface area contributed by atoms with Crippen LogP contribution in [0.1, 0.15) is 13.3 Å². The number of rotatable bonds is 7. The first-order chi connectivity index (χ1) is 8.47. The highest BCUT2D eigenvalue weighted by Crippen LogP contribution is 2.26. The molecule has 0 saturated heterocycles. The largest absolute Gasteiger partial charge is 0.481 e. The predicted molar refractivity (Wildman–Crippen MR) is 70.3 cm³/mol. The number of sulfonamides is 1. The van der Waals surface area contributed by atoms with Crippen LogP contribution in [-0.4, -0.2) is 31.8 Å². The van der Waals surface area contributed by atoms with Gasteiger partial charge in [0.15, 0.2) is 0 Å². The Kier molecular flexibility index (Phi) is 5.64. The van der Waals surface area contributed by atoms with Gasteiger partial charge >= 0.3 is 5.97 Å². The van der Waals surface area contributed by atoms with Crippen molar-refractivity contribution in [1.82, 2.24) is 4.72 Å². The molecule has 0 spiro atoms. The van der Waals surface area contributed by atoms with Crippen LogP contribution < -0.4 is 4.72 Å². The van der Waals surface area contributed by atoms with Gasteiger partial charge in [0.25, 0.3) is 0 Å². The van der Waals surface area contributed by atoms with Crippen molar-refractivity contribution in [1.29, 1.82) is 0 Å². The third-order valence-corrected chi connectivity index (χ3v) is 4.74. The van der Waals surface area contributed by atoms with Crippen LogP contribution in [-0.2, 0) is 14.8 Å². The van der Waals surface area contributed by atoms with Gasteiger partial charge in [-0.3, -0.25) is 4.79 Å². The fourth-order valence-corrected chi connectivity index (χ4v) is 3.63. The van der Waals surface area contributed by atoms with Gasteiger partial charge in [0.1, 0.15) is 0 Å². The lowest BCUT2D eigenvalue weighted by Gasteiger charge is -2.09. The second kappa shape index (κ2) is 6.77. The zero-order valence-electron chi connectivity index (χ0n) is 9.92. The third-order valence-electron chi connectivity index (χ3n) is 2.03. The van der Waals surface area contributed by atoms with Crippen molar-refractivity contribution >= 4 is 27.8 Å². The summed E-state index contributed by atoms with van der Waals surface area (Å²) in [5.74, 6) is -1.14. The van der Waals surface area contributed by atoms with Crippen LogP contribution in [0.5, 0.6) is 0 Å². The molecule has 0 amide bonds. The van der Waals surface area contributed by atoms with E-state index in [-0.39, 0.29) is 10.6 Å². The zero-order chi connectivity index (χ0) is 13.6. The van der Waals surface area contributed by atoms with Gasteiger partial charge in [0.2, 0.25) is 10.0 Å². The second-order valence-electron chi connectivity index (χ2n) is 3.53. The number of carboxylic acid groups (broad SMARTS) is 1. The first-order valence-corrected chi connectivity index (χ1v) is 7.87. The molecule has 0 aliphatic rings. The minimum atomic E-state index is -3.56. The Hall–Kier alpha value is -1.05. The number of aliphatic carboxylic acids is 1. The average Bonchev–Trinajstić information content (AvgIpc) is 2.34. The van der Waals surface area contributed by atoms with E-state index in [4.69, 9.17) is 5.11 Å². The Balaban J connectivity index is 2.97. The summed E-state index contributed by atoms with van der Waals surface area (Å²) in [5, 5.41) is 8.62. The predicted octanol–water partition coefficient (Wildman–Crippen LogP) is 1.55. The number of carbonyl (C=O) groups is 1. The molecule has 0 unspecified atom stereocenters. The molecular formula is C11H15NO4S2. The molecule has 18 heavy (non-hydrogen) atoms. The number of hydrogen-bond acceptors (Lipinski definition) is 4. The quantitative estimate of drug-likeness (QED) is 0.744. The fraction of sp³-hybridized carbons (Fsp3) is 0.364. The third kappa shape index (κ3) is 4.32. The van der Waals surface area contributed by atoms with Gasteiger partial charge < -0.3 is 5.11 Å². The molecule has 100 valence electrons. The van der Waals surface area contributed by atoms with Crippen molar-refractivity contribution in [2.75, 3.05) is 12.3 Å². The van der Waals surface area contributed by atoms with E-state index in [1.807, 2.05) is 6.92 Å². The van der Waals surface area contributed by atoms with Gasteiger partial charge in [-0.25, -0.2) is 13.1 Å². The molecule has 0 fully saturated rings. The van der Waals surface area contributed by atoms with E-state index in [1.165, 1.54) is 6.07 Å². The average molecular weight is 289 g/mol. The second-order valence-corrected chi connectivity index (χ2v) is 6.28. The number of thioether (sulfide) groups is 1. The molecule has 0 radical (unpaired) electrons. The Labute approximate surface area is 111 Å². The molecule has 0 bridgehead atoms. The minimum absolute atomic E-state index is 0.129. The maximum Gasteiger partial charge on any atom is 0.313 e. The molecule has 0 atom stereocenters. The van der Waals surface area contributed by atoms with Crippen molar-refractivity contribution in [3.8, 4) is 0 Å². The highest BCUT2D eigenvalue weighted by molar-refractivity contribution is 8.00. The van der Waals surface area contributed by atoms with Crippen LogP contribution in [0.25, 0.3) is 0 Å². The van der Waals surface area contributed by atoms with Crippen LogP contribution >= 0.6 is 11.8 Å². The fourth-order valence-electron chi connectivity index (χ4n) is 1.25. The summed E-state index contributed by atoms with van der Waals surface area (Å²) in [4.78, 5) is 11.1. The Morgan fingerprint density at radius 3 is 2.67 bits per heavy atom. The van der Waals surface area contributed by atoms with Crippen LogP contribution in [0.3, 0.4) is 0 Å². The smallest absolute Gasteiger partial charge is 0.313 e. The van der Waals surface area contributed by atoms with Crippen LogP contribution in [0.15, 0.2) is 34.1 Å². The molecule has 2 N–H and O–H groups in total. The van der Waals surface area contributed by atoms with Gasteiger partial charge in [-0.05, 0) is 18.6 Å². The Morgan fingerprint density at radius 2 is 2.06 bits per heavy atom. The molecule has 1 rings (SSSR count). The molecule has 0 aliphatic carbocycles. The molecule has 1 aromatic rings. The number of nitrogens with one attached hydrogen (secondary N) is 1. The van der Waals surface area contributed by atoms with Gasteiger partial charge in [-0.15, -0.1) is 11.8 Å². The summed E-state index contributed by atoms with van der Waals surface area (Å²) in [7, 11) is -3.56. The van der Waals surface area contributed by atoms with E-state index in [2.05, 4.69) is 4.72 Å². The van der Waals surface area contributed by atoms with E-state index < -0.39 is 16.0 Å². The molecule has 0 heterocycles. The van der Waals surface area contributed by atoms with Gasteiger partial charge in [0.05, 0.1) is 10.6 Å². The monoisotopic (exact) mass is 289 g/mol. The van der Waals surface area contributed by atoms with Gasteiger partial charge in [0, 0.05) is 11.4 Å². The number of carboxylic acids is 1. The maximum absolute atomic E-state index is 12.0. The molecular weight excluding hydrogens is 274 g/mol. The minimum Gasteiger partial charge on any atom is -0.481 e. The van der Waals surface area contributed by atoms with Crippen molar-refractivity contribution < 1.29 is 18.3 Å². The summed E-state index contributed by atoms with van der Waals surface area (Å²) < 4.78 is 26.4. The van der Waals surface area contributed by atoms with Crippen molar-refractivity contribution in [2.45, 2.75) is 23.1 Å². The molecule has 5 nitrogen and oxygen atoms in total. The normalized spacial score (nSPS) is 11.4. The summed E-state index contributed by atoms with van der Waals surface area (Å²) in [6.45, 7) is 2.23. The summed E-state index contributed by atoms with van der Waals surface area (Å²) in [5.41, 5.74) is 0. The molecule has 7 heteroatoms. The van der Waals surface area contributed by atoms with E-state index in [9.17, 15) is 13.2 Å². The van der Waals surface area contributed by atoms with E-state index >= 15 is 0 Å². The zero-order valence-corrected chi connectivity index (χ0v) is 11.6. The Bertz CT molecular complexity index is 514. The maximum atomic E-state index is 12.0. The molecule has 0 saturated carbocycles. The molecule has 1 aromatic carbocycles. The topological polar surface area (TPSA) is 83.5 Å². The lowest BCUT2D eigenvalue weighted by molar-refractivity contribution is -0.133. The van der Waals surface area contributed by atoms with Gasteiger partial charge in [-0.1, -0.05) is 19.1 Å². The first kappa shape index (κ1) is 15.0. The lowest BCUT2D eigenvalue weighted by Crippen LogP contribution is -2.24. The van der Waals surface area contributed by atoms with E-state index in [0.29, 0.717) is 17.9 Å². The summed E-state index contributed by atoms with van der Waals surface area (Å²) in [6.07, 6.45) is 0.698. The molecule has 0 aromatic heterocycles. The van der Waals surface area contributed by atoms with Crippen molar-refractivity contribution in [3.05, 3.63) is 24.3 Å². The summed E-state index contributed by atoms with van der Waals surface area (Å²) >= 11 is 0.997. The lowest BCUT2D eigenvalue weighted by atomic mass is 10.4. The highest BCUT2D eigenvalue weighted by atomic mass is 32.2. The number of hydrogen-bond donors (Lipinski definition) is 2. The summed E-state index contributed by atoms with van der Waals surface area (Å²) in [6, 6.07) is 6.38. The standard InChI is InChI=1S/C11H15NO4S2/c1-2-7-12-18(15,16)10-6-4-3-5-9(10)17-8-11(13)14/h3-6,12H,2,7-8H2,1H3,(H,13,14). The van der Waals surface area contributed by atoms with Crippen LogP contribution in [0.4, 0.5) is 0 Å². The van der Waals surface area contributed by atoms with Gasteiger partial charge in [-0.2, -0.15) is 0 Å². The molecule has 0 aliphatic heterocycles. The van der Waals surface area contributed by atoms with E-state index in [0.717, 1.165) is 11.8 Å². The van der Waals surface area contributed by atoms with Crippen molar-refractivity contribution in [2.24, 2.45) is 0 Å². The number of benzene rings is 1. The van der Waals surface area contributed by atoms with Crippen LogP contribution in [0, 0.1) is 0 Å². The Morgan fingerprint density at radius 1 is 1.39 bits per heavy atom. The first-order valence-electron chi connectivity index (χ1n) is 5.40. The van der Waals surface area contributed by atoms with Crippen molar-refractivity contribution in [3.63, 3.8) is 0 Å². The highest BCUT2D eigenvalue weighted by Gasteiger charge is 2.18. The van der Waals surface area contributed by atoms with E-state index in [1.54, 1.807) is 18.2 Å².